The lowest BCUT2D eigenvalue weighted by molar-refractivity contribution is 0.0716. The largest absolute Gasteiger partial charge is 0.337 e. The SMILES string of the molecule is N#Cc1ccccc1-c1ccccc1C(=O)N1CCCN(C(=O)c2ccccc2F)CC1. The lowest BCUT2D eigenvalue weighted by Crippen LogP contribution is -2.37. The zero-order valence-electron chi connectivity index (χ0n) is 17.5. The first-order chi connectivity index (χ1) is 15.6. The Morgan fingerprint density at radius 1 is 0.719 bits per heavy atom. The van der Waals surface area contributed by atoms with Gasteiger partial charge in [-0.3, -0.25) is 9.59 Å². The normalized spacial score (nSPS) is 13.9. The first-order valence-electron chi connectivity index (χ1n) is 10.5. The molecule has 0 N–H and O–H groups in total. The summed E-state index contributed by atoms with van der Waals surface area (Å²) in [5.74, 6) is -1.05. The first-order valence-corrected chi connectivity index (χ1v) is 10.5. The third-order valence-electron chi connectivity index (χ3n) is 5.67. The van der Waals surface area contributed by atoms with Gasteiger partial charge in [0.2, 0.25) is 0 Å². The predicted octanol–water partition coefficient (Wildman–Crippen LogP) is 4.35. The highest BCUT2D eigenvalue weighted by Gasteiger charge is 2.26. The fourth-order valence-electron chi connectivity index (χ4n) is 4.02. The van der Waals surface area contributed by atoms with Crippen LogP contribution in [0.2, 0.25) is 0 Å². The molecule has 0 spiro atoms. The second-order valence-electron chi connectivity index (χ2n) is 7.62. The van der Waals surface area contributed by atoms with Crippen LogP contribution in [-0.4, -0.2) is 47.8 Å². The van der Waals surface area contributed by atoms with E-state index >= 15 is 0 Å². The topological polar surface area (TPSA) is 64.4 Å². The van der Waals surface area contributed by atoms with Crippen LogP contribution in [0.25, 0.3) is 11.1 Å². The number of amides is 2. The van der Waals surface area contributed by atoms with Crippen molar-refractivity contribution in [2.75, 3.05) is 26.2 Å². The van der Waals surface area contributed by atoms with Crippen molar-refractivity contribution in [1.82, 2.24) is 9.80 Å². The van der Waals surface area contributed by atoms with Crippen molar-refractivity contribution in [1.29, 1.82) is 5.26 Å². The van der Waals surface area contributed by atoms with Crippen LogP contribution < -0.4 is 0 Å². The van der Waals surface area contributed by atoms with Gasteiger partial charge in [-0.05, 0) is 36.2 Å². The second-order valence-corrected chi connectivity index (χ2v) is 7.62. The third kappa shape index (κ3) is 4.23. The fourth-order valence-corrected chi connectivity index (χ4v) is 4.02. The van der Waals surface area contributed by atoms with E-state index in [0.29, 0.717) is 54.9 Å². The van der Waals surface area contributed by atoms with E-state index in [2.05, 4.69) is 6.07 Å². The molecule has 0 bridgehead atoms. The van der Waals surface area contributed by atoms with Gasteiger partial charge in [-0.1, -0.05) is 48.5 Å². The fraction of sp³-hybridized carbons (Fsp3) is 0.192. The molecule has 6 heteroatoms. The molecule has 0 aromatic heterocycles. The molecule has 4 rings (SSSR count). The molecule has 1 aliphatic heterocycles. The summed E-state index contributed by atoms with van der Waals surface area (Å²) in [4.78, 5) is 29.5. The maximum Gasteiger partial charge on any atom is 0.256 e. The number of nitrogens with zero attached hydrogens (tertiary/aromatic N) is 3. The average Bonchev–Trinajstić information content (AvgIpc) is 3.10. The quantitative estimate of drug-likeness (QED) is 0.624. The number of halogens is 1. The highest BCUT2D eigenvalue weighted by atomic mass is 19.1. The van der Waals surface area contributed by atoms with Gasteiger partial charge >= 0.3 is 0 Å². The molecule has 0 saturated carbocycles. The van der Waals surface area contributed by atoms with Crippen molar-refractivity contribution in [3.8, 4) is 17.2 Å². The lowest BCUT2D eigenvalue weighted by atomic mass is 9.95. The highest BCUT2D eigenvalue weighted by Crippen LogP contribution is 2.28. The monoisotopic (exact) mass is 427 g/mol. The van der Waals surface area contributed by atoms with E-state index in [0.717, 1.165) is 0 Å². The Hall–Kier alpha value is -3.98. The van der Waals surface area contributed by atoms with Crippen LogP contribution in [0.3, 0.4) is 0 Å². The van der Waals surface area contributed by atoms with Crippen LogP contribution in [-0.2, 0) is 0 Å². The summed E-state index contributed by atoms with van der Waals surface area (Å²) < 4.78 is 14.1. The third-order valence-corrected chi connectivity index (χ3v) is 5.67. The molecule has 3 aromatic carbocycles. The zero-order valence-corrected chi connectivity index (χ0v) is 17.5. The maximum absolute atomic E-state index is 14.1. The number of nitriles is 1. The van der Waals surface area contributed by atoms with Crippen LogP contribution in [0.15, 0.2) is 72.8 Å². The molecule has 160 valence electrons. The molecule has 2 amide bonds. The Morgan fingerprint density at radius 3 is 1.91 bits per heavy atom. The van der Waals surface area contributed by atoms with Gasteiger partial charge in [0.15, 0.2) is 0 Å². The lowest BCUT2D eigenvalue weighted by Gasteiger charge is -2.23. The van der Waals surface area contributed by atoms with Gasteiger partial charge in [0.05, 0.1) is 17.2 Å². The van der Waals surface area contributed by atoms with Crippen LogP contribution in [0.1, 0.15) is 32.7 Å². The number of carbonyl (C=O) groups is 2. The number of hydrogen-bond donors (Lipinski definition) is 0. The molecule has 3 aromatic rings. The Labute approximate surface area is 186 Å². The van der Waals surface area contributed by atoms with Gasteiger partial charge in [0, 0.05) is 37.3 Å². The molecule has 0 radical (unpaired) electrons. The summed E-state index contributed by atoms with van der Waals surface area (Å²) in [6, 6.07) is 22.6. The van der Waals surface area contributed by atoms with Crippen molar-refractivity contribution in [3.05, 3.63) is 95.3 Å². The minimum absolute atomic E-state index is 0.0470. The summed E-state index contributed by atoms with van der Waals surface area (Å²) in [5, 5.41) is 9.48. The van der Waals surface area contributed by atoms with E-state index in [1.54, 1.807) is 46.2 Å². The minimum Gasteiger partial charge on any atom is -0.337 e. The molecule has 1 saturated heterocycles. The van der Waals surface area contributed by atoms with Gasteiger partial charge in [-0.25, -0.2) is 4.39 Å². The molecule has 1 aliphatic rings. The number of benzene rings is 3. The molecule has 1 heterocycles. The Morgan fingerprint density at radius 2 is 1.25 bits per heavy atom. The number of rotatable bonds is 3. The van der Waals surface area contributed by atoms with Crippen LogP contribution >= 0.6 is 0 Å². The number of hydrogen-bond acceptors (Lipinski definition) is 3. The van der Waals surface area contributed by atoms with E-state index in [1.165, 1.54) is 12.1 Å². The average molecular weight is 427 g/mol. The van der Waals surface area contributed by atoms with E-state index < -0.39 is 5.82 Å². The number of carbonyl (C=O) groups excluding carboxylic acids is 2. The molecule has 32 heavy (non-hydrogen) atoms. The van der Waals surface area contributed by atoms with Gasteiger partial charge in [0.25, 0.3) is 11.8 Å². The first kappa shape index (κ1) is 21.3. The molecular formula is C26H22FN3O2. The predicted molar refractivity (Wildman–Crippen MR) is 119 cm³/mol. The molecule has 0 atom stereocenters. The highest BCUT2D eigenvalue weighted by molar-refractivity contribution is 6.01. The van der Waals surface area contributed by atoms with E-state index in [1.807, 2.05) is 24.3 Å². The van der Waals surface area contributed by atoms with Crippen LogP contribution in [0.5, 0.6) is 0 Å². The van der Waals surface area contributed by atoms with Gasteiger partial charge in [-0.15, -0.1) is 0 Å². The zero-order chi connectivity index (χ0) is 22.5. The minimum atomic E-state index is -0.542. The van der Waals surface area contributed by atoms with Crippen molar-refractivity contribution < 1.29 is 14.0 Å². The van der Waals surface area contributed by atoms with Crippen molar-refractivity contribution in [2.24, 2.45) is 0 Å². The Kier molecular flexibility index (Phi) is 6.27. The van der Waals surface area contributed by atoms with E-state index in [9.17, 15) is 19.2 Å². The summed E-state index contributed by atoms with van der Waals surface area (Å²) in [7, 11) is 0. The van der Waals surface area contributed by atoms with Gasteiger partial charge in [-0.2, -0.15) is 5.26 Å². The summed E-state index contributed by atoms with van der Waals surface area (Å²) >= 11 is 0. The van der Waals surface area contributed by atoms with Crippen LogP contribution in [0, 0.1) is 17.1 Å². The van der Waals surface area contributed by atoms with Crippen LogP contribution in [0.4, 0.5) is 4.39 Å². The van der Waals surface area contributed by atoms with E-state index in [-0.39, 0.29) is 17.4 Å². The standard InChI is InChI=1S/C26H22FN3O2/c27-24-13-6-5-12-23(24)26(32)30-15-7-14-29(16-17-30)25(31)22-11-4-3-10-21(22)20-9-2-1-8-19(20)18-28/h1-6,8-13H,7,14-17H2. The van der Waals surface area contributed by atoms with Crippen molar-refractivity contribution in [2.45, 2.75) is 6.42 Å². The summed E-state index contributed by atoms with van der Waals surface area (Å²) in [5.41, 5.74) is 2.49. The van der Waals surface area contributed by atoms with Gasteiger partial charge < -0.3 is 9.80 Å². The smallest absolute Gasteiger partial charge is 0.256 e. The summed E-state index contributed by atoms with van der Waals surface area (Å²) in [6.45, 7) is 1.63. The van der Waals surface area contributed by atoms with E-state index in [4.69, 9.17) is 0 Å². The molecule has 0 unspecified atom stereocenters. The summed E-state index contributed by atoms with van der Waals surface area (Å²) in [6.07, 6.45) is 0.600. The molecule has 5 nitrogen and oxygen atoms in total. The molecule has 1 fully saturated rings. The Balaban J connectivity index is 1.55. The molecule has 0 aliphatic carbocycles. The molecular weight excluding hydrogens is 405 g/mol. The van der Waals surface area contributed by atoms with Crippen molar-refractivity contribution in [3.63, 3.8) is 0 Å². The van der Waals surface area contributed by atoms with Gasteiger partial charge in [0.1, 0.15) is 5.82 Å². The maximum atomic E-state index is 14.1. The Bertz CT molecular complexity index is 1200. The second kappa shape index (κ2) is 9.44. The van der Waals surface area contributed by atoms with Crippen molar-refractivity contribution >= 4 is 11.8 Å².